The van der Waals surface area contributed by atoms with E-state index < -0.39 is 0 Å². The molecule has 0 saturated heterocycles. The van der Waals surface area contributed by atoms with Gasteiger partial charge < -0.3 is 10.1 Å². The molecule has 0 aromatic heterocycles. The largest absolute Gasteiger partial charge is 0.496 e. The maximum Gasteiger partial charge on any atom is 0.124 e. The number of hydrogen-bond acceptors (Lipinski definition) is 2. The van der Waals surface area contributed by atoms with Crippen LogP contribution in [-0.2, 0) is 0 Å². The van der Waals surface area contributed by atoms with Crippen LogP contribution >= 0.6 is 38.5 Å². The van der Waals surface area contributed by atoms with E-state index in [2.05, 4.69) is 81.1 Å². The molecule has 2 rings (SSSR count). The van der Waals surface area contributed by atoms with Crippen molar-refractivity contribution < 1.29 is 4.74 Å². The molecular weight excluding hydrogens is 441 g/mol. The zero-order valence-corrected chi connectivity index (χ0v) is 15.9. The summed E-state index contributed by atoms with van der Waals surface area (Å²) >= 11 is 5.96. The van der Waals surface area contributed by atoms with Gasteiger partial charge in [0.05, 0.1) is 13.2 Å². The highest BCUT2D eigenvalue weighted by Gasteiger charge is 2.20. The Morgan fingerprint density at radius 2 is 1.95 bits per heavy atom. The van der Waals surface area contributed by atoms with Gasteiger partial charge in [-0.15, -0.1) is 0 Å². The number of hydrogen-bond donors (Lipinski definition) is 1. The van der Waals surface area contributed by atoms with Crippen molar-refractivity contribution in [2.24, 2.45) is 0 Å². The molecule has 1 atom stereocenters. The highest BCUT2D eigenvalue weighted by Crippen LogP contribution is 2.34. The molecular formula is C17H19BrINO. The number of benzene rings is 2. The van der Waals surface area contributed by atoms with Gasteiger partial charge in [-0.3, -0.25) is 0 Å². The second kappa shape index (κ2) is 8.15. The molecule has 112 valence electrons. The molecule has 0 aliphatic rings. The predicted octanol–water partition coefficient (Wildman–Crippen LogP) is 5.15. The summed E-state index contributed by atoms with van der Waals surface area (Å²) in [5.74, 6) is 0.909. The van der Waals surface area contributed by atoms with E-state index in [1.807, 2.05) is 12.1 Å². The Balaban J connectivity index is 2.50. The van der Waals surface area contributed by atoms with Crippen molar-refractivity contribution in [1.29, 1.82) is 0 Å². The van der Waals surface area contributed by atoms with Crippen LogP contribution in [0.2, 0.25) is 0 Å². The molecule has 0 bridgehead atoms. The van der Waals surface area contributed by atoms with Crippen LogP contribution in [0.4, 0.5) is 0 Å². The van der Waals surface area contributed by atoms with Crippen molar-refractivity contribution in [3.63, 3.8) is 0 Å². The fourth-order valence-electron chi connectivity index (χ4n) is 2.32. The first-order valence-corrected chi connectivity index (χ1v) is 8.85. The van der Waals surface area contributed by atoms with Crippen molar-refractivity contribution in [2.45, 2.75) is 19.4 Å². The topological polar surface area (TPSA) is 21.3 Å². The van der Waals surface area contributed by atoms with Crippen LogP contribution in [0.3, 0.4) is 0 Å². The number of halogens is 2. The maximum atomic E-state index is 5.56. The lowest BCUT2D eigenvalue weighted by Crippen LogP contribution is -2.24. The first kappa shape index (κ1) is 16.8. The molecule has 2 aromatic carbocycles. The van der Waals surface area contributed by atoms with Crippen LogP contribution < -0.4 is 10.1 Å². The van der Waals surface area contributed by atoms with Crippen LogP contribution in [0.25, 0.3) is 0 Å². The van der Waals surface area contributed by atoms with E-state index in [0.717, 1.165) is 28.8 Å². The van der Waals surface area contributed by atoms with Crippen LogP contribution in [0.5, 0.6) is 5.75 Å². The SMILES string of the molecule is CCCNC(c1ccccc1I)c1cc(Br)ccc1OC. The van der Waals surface area contributed by atoms with Gasteiger partial charge in [0.15, 0.2) is 0 Å². The van der Waals surface area contributed by atoms with Crippen molar-refractivity contribution >= 4 is 38.5 Å². The third-order valence-electron chi connectivity index (χ3n) is 3.32. The lowest BCUT2D eigenvalue weighted by Gasteiger charge is -2.23. The Morgan fingerprint density at radius 3 is 2.62 bits per heavy atom. The second-order valence-corrected chi connectivity index (χ2v) is 6.87. The zero-order valence-electron chi connectivity index (χ0n) is 12.2. The molecule has 1 unspecified atom stereocenters. The quantitative estimate of drug-likeness (QED) is 0.603. The first-order chi connectivity index (χ1) is 10.2. The molecule has 0 aliphatic carbocycles. The summed E-state index contributed by atoms with van der Waals surface area (Å²) in [6.45, 7) is 3.14. The van der Waals surface area contributed by atoms with Gasteiger partial charge in [-0.25, -0.2) is 0 Å². The van der Waals surface area contributed by atoms with E-state index in [-0.39, 0.29) is 6.04 Å². The van der Waals surface area contributed by atoms with E-state index in [4.69, 9.17) is 4.74 Å². The van der Waals surface area contributed by atoms with E-state index in [9.17, 15) is 0 Å². The van der Waals surface area contributed by atoms with E-state index >= 15 is 0 Å². The molecule has 0 radical (unpaired) electrons. The highest BCUT2D eigenvalue weighted by molar-refractivity contribution is 14.1. The van der Waals surface area contributed by atoms with E-state index in [1.54, 1.807) is 7.11 Å². The number of ether oxygens (including phenoxy) is 1. The standard InChI is InChI=1S/C17H19BrINO/c1-3-10-20-17(13-6-4-5-7-15(13)19)14-11-12(18)8-9-16(14)21-2/h4-9,11,17,20H,3,10H2,1-2H3. The molecule has 2 nitrogen and oxygen atoms in total. The van der Waals surface area contributed by atoms with Gasteiger partial charge in [0, 0.05) is 13.6 Å². The Bertz CT molecular complexity index is 603. The van der Waals surface area contributed by atoms with Gasteiger partial charge >= 0.3 is 0 Å². The minimum absolute atomic E-state index is 0.130. The summed E-state index contributed by atoms with van der Waals surface area (Å²) < 4.78 is 7.88. The molecule has 0 spiro atoms. The minimum atomic E-state index is 0.130. The number of methoxy groups -OCH3 is 1. The van der Waals surface area contributed by atoms with Crippen LogP contribution in [0.1, 0.15) is 30.5 Å². The number of nitrogens with one attached hydrogen (secondary N) is 1. The summed E-state index contributed by atoms with van der Waals surface area (Å²) in [5.41, 5.74) is 2.44. The van der Waals surface area contributed by atoms with Crippen molar-refractivity contribution in [1.82, 2.24) is 5.32 Å². The van der Waals surface area contributed by atoms with Crippen LogP contribution in [0, 0.1) is 3.57 Å². The third-order valence-corrected chi connectivity index (χ3v) is 4.79. The maximum absolute atomic E-state index is 5.56. The monoisotopic (exact) mass is 459 g/mol. The van der Waals surface area contributed by atoms with Gasteiger partial charge in [-0.05, 0) is 65.4 Å². The Labute approximate surface area is 148 Å². The van der Waals surface area contributed by atoms with Crippen LogP contribution in [0.15, 0.2) is 46.9 Å². The average molecular weight is 460 g/mol. The summed E-state index contributed by atoms with van der Waals surface area (Å²) in [4.78, 5) is 0. The van der Waals surface area contributed by atoms with Gasteiger partial charge in [-0.2, -0.15) is 0 Å². The molecule has 1 N–H and O–H groups in total. The van der Waals surface area contributed by atoms with Crippen molar-refractivity contribution in [2.75, 3.05) is 13.7 Å². The van der Waals surface area contributed by atoms with Crippen LogP contribution in [-0.4, -0.2) is 13.7 Å². The molecule has 4 heteroatoms. The molecule has 0 saturated carbocycles. The van der Waals surface area contributed by atoms with Crippen molar-refractivity contribution in [3.05, 3.63) is 61.6 Å². The normalized spacial score (nSPS) is 12.2. The third kappa shape index (κ3) is 4.20. The molecule has 0 aliphatic heterocycles. The Hall–Kier alpha value is -0.590. The predicted molar refractivity (Wildman–Crippen MR) is 100.0 cm³/mol. The highest BCUT2D eigenvalue weighted by atomic mass is 127. The smallest absolute Gasteiger partial charge is 0.124 e. The summed E-state index contributed by atoms with van der Waals surface area (Å²) in [6, 6.07) is 14.8. The lowest BCUT2D eigenvalue weighted by molar-refractivity contribution is 0.403. The average Bonchev–Trinajstić information content (AvgIpc) is 2.49. The Kier molecular flexibility index (Phi) is 6.51. The summed E-state index contributed by atoms with van der Waals surface area (Å²) in [5, 5.41) is 3.64. The molecule has 0 amide bonds. The molecule has 21 heavy (non-hydrogen) atoms. The molecule has 0 fully saturated rings. The number of rotatable bonds is 6. The van der Waals surface area contributed by atoms with Gasteiger partial charge in [-0.1, -0.05) is 41.1 Å². The van der Waals surface area contributed by atoms with Gasteiger partial charge in [0.25, 0.3) is 0 Å². The van der Waals surface area contributed by atoms with E-state index in [1.165, 1.54) is 9.13 Å². The van der Waals surface area contributed by atoms with Gasteiger partial charge in [0.1, 0.15) is 5.75 Å². The first-order valence-electron chi connectivity index (χ1n) is 6.98. The zero-order chi connectivity index (χ0) is 15.2. The summed E-state index contributed by atoms with van der Waals surface area (Å²) in [6.07, 6.45) is 1.09. The van der Waals surface area contributed by atoms with Gasteiger partial charge in [0.2, 0.25) is 0 Å². The fraction of sp³-hybridized carbons (Fsp3) is 0.294. The minimum Gasteiger partial charge on any atom is -0.496 e. The lowest BCUT2D eigenvalue weighted by atomic mass is 9.97. The van der Waals surface area contributed by atoms with Crippen molar-refractivity contribution in [3.8, 4) is 5.75 Å². The Morgan fingerprint density at radius 1 is 1.19 bits per heavy atom. The molecule has 0 heterocycles. The van der Waals surface area contributed by atoms with E-state index in [0.29, 0.717) is 0 Å². The second-order valence-electron chi connectivity index (χ2n) is 4.79. The fourth-order valence-corrected chi connectivity index (χ4v) is 3.39. The molecule has 2 aromatic rings. The summed E-state index contributed by atoms with van der Waals surface area (Å²) in [7, 11) is 1.72.